The monoisotopic (exact) mass is 300 g/mol. The number of amides is 1. The highest BCUT2D eigenvalue weighted by Crippen LogP contribution is 2.26. The van der Waals surface area contributed by atoms with E-state index in [9.17, 15) is 4.79 Å². The molecule has 0 bridgehead atoms. The maximum Gasteiger partial charge on any atom is 0.227 e. The van der Waals surface area contributed by atoms with E-state index in [2.05, 4.69) is 36.3 Å². The van der Waals surface area contributed by atoms with Gasteiger partial charge < -0.3 is 10.6 Å². The van der Waals surface area contributed by atoms with E-state index in [1.807, 2.05) is 32.2 Å². The van der Waals surface area contributed by atoms with Gasteiger partial charge >= 0.3 is 0 Å². The molecule has 0 aromatic heterocycles. The van der Waals surface area contributed by atoms with Gasteiger partial charge in [-0.25, -0.2) is 0 Å². The van der Waals surface area contributed by atoms with Crippen molar-refractivity contribution >= 4 is 5.91 Å². The molecule has 1 rings (SSSR count). The van der Waals surface area contributed by atoms with Gasteiger partial charge in [0.25, 0.3) is 0 Å². The van der Waals surface area contributed by atoms with Crippen molar-refractivity contribution in [2.24, 2.45) is 5.92 Å². The van der Waals surface area contributed by atoms with Crippen LogP contribution in [0.2, 0.25) is 0 Å². The Kier molecular flexibility index (Phi) is 7.44. The van der Waals surface area contributed by atoms with Crippen molar-refractivity contribution in [1.29, 1.82) is 0 Å². The summed E-state index contributed by atoms with van der Waals surface area (Å²) in [6.45, 7) is 8.34. The van der Waals surface area contributed by atoms with Gasteiger partial charge in [0.05, 0.1) is 5.92 Å². The SMILES string of the molecule is C=C(Cc1ccccc1)/C(=C(/CCC)NC)C(C)C(=O)NC. The Bertz CT molecular complexity index is 532. The van der Waals surface area contributed by atoms with Gasteiger partial charge in [-0.3, -0.25) is 4.79 Å². The summed E-state index contributed by atoms with van der Waals surface area (Å²) in [6.07, 6.45) is 2.70. The molecule has 1 aromatic carbocycles. The number of allylic oxidation sites excluding steroid dienone is 2. The molecular formula is C19H28N2O. The Morgan fingerprint density at radius 3 is 2.32 bits per heavy atom. The number of benzene rings is 1. The largest absolute Gasteiger partial charge is 0.391 e. The van der Waals surface area contributed by atoms with Crippen LogP contribution in [0.5, 0.6) is 0 Å². The topological polar surface area (TPSA) is 41.1 Å². The van der Waals surface area contributed by atoms with Crippen LogP contribution in [0.4, 0.5) is 0 Å². The second-order valence-electron chi connectivity index (χ2n) is 5.49. The Hall–Kier alpha value is -2.03. The maximum atomic E-state index is 12.1. The van der Waals surface area contributed by atoms with Gasteiger partial charge in [-0.05, 0) is 36.5 Å². The Labute approximate surface area is 134 Å². The summed E-state index contributed by atoms with van der Waals surface area (Å²) in [5, 5.41) is 6.01. The van der Waals surface area contributed by atoms with Gasteiger partial charge in [0.1, 0.15) is 0 Å². The molecule has 120 valence electrons. The molecule has 0 aliphatic carbocycles. The zero-order valence-electron chi connectivity index (χ0n) is 14.2. The minimum Gasteiger partial charge on any atom is -0.391 e. The molecule has 1 amide bonds. The summed E-state index contributed by atoms with van der Waals surface area (Å²) < 4.78 is 0. The van der Waals surface area contributed by atoms with Gasteiger partial charge in [0.15, 0.2) is 0 Å². The molecule has 0 saturated heterocycles. The van der Waals surface area contributed by atoms with Crippen LogP contribution in [0, 0.1) is 5.92 Å². The molecule has 1 aromatic rings. The van der Waals surface area contributed by atoms with E-state index in [0.29, 0.717) is 0 Å². The molecule has 2 N–H and O–H groups in total. The van der Waals surface area contributed by atoms with Crippen molar-refractivity contribution in [2.45, 2.75) is 33.1 Å². The first-order chi connectivity index (χ1) is 10.5. The minimum absolute atomic E-state index is 0.0214. The molecule has 3 heteroatoms. The molecule has 3 nitrogen and oxygen atoms in total. The second-order valence-corrected chi connectivity index (χ2v) is 5.49. The van der Waals surface area contributed by atoms with E-state index >= 15 is 0 Å². The van der Waals surface area contributed by atoms with Crippen molar-refractivity contribution in [3.8, 4) is 0 Å². The smallest absolute Gasteiger partial charge is 0.227 e. The number of hydrogen-bond donors (Lipinski definition) is 2. The van der Waals surface area contributed by atoms with E-state index in [1.165, 1.54) is 5.56 Å². The lowest BCUT2D eigenvalue weighted by atomic mass is 9.87. The predicted octanol–water partition coefficient (Wildman–Crippen LogP) is 3.44. The van der Waals surface area contributed by atoms with Gasteiger partial charge in [-0.15, -0.1) is 0 Å². The van der Waals surface area contributed by atoms with E-state index in [0.717, 1.165) is 36.1 Å². The lowest BCUT2D eigenvalue weighted by Gasteiger charge is -2.22. The Morgan fingerprint density at radius 1 is 1.18 bits per heavy atom. The van der Waals surface area contributed by atoms with Crippen molar-refractivity contribution in [3.05, 3.63) is 59.3 Å². The number of nitrogens with one attached hydrogen (secondary N) is 2. The quantitative estimate of drug-likeness (QED) is 0.722. The molecule has 0 aliphatic heterocycles. The third kappa shape index (κ3) is 4.76. The average Bonchev–Trinajstić information content (AvgIpc) is 2.54. The normalized spacial score (nSPS) is 13.1. The molecule has 0 saturated carbocycles. The molecule has 22 heavy (non-hydrogen) atoms. The summed E-state index contributed by atoms with van der Waals surface area (Å²) in [5.41, 5.74) is 4.35. The highest BCUT2D eigenvalue weighted by Gasteiger charge is 2.22. The van der Waals surface area contributed by atoms with Crippen LogP contribution in [-0.2, 0) is 11.2 Å². The minimum atomic E-state index is -0.213. The highest BCUT2D eigenvalue weighted by molar-refractivity contribution is 5.82. The van der Waals surface area contributed by atoms with Gasteiger partial charge in [0, 0.05) is 19.8 Å². The van der Waals surface area contributed by atoms with Gasteiger partial charge in [-0.1, -0.05) is 50.3 Å². The van der Waals surface area contributed by atoms with Gasteiger partial charge in [-0.2, -0.15) is 0 Å². The zero-order chi connectivity index (χ0) is 16.5. The van der Waals surface area contributed by atoms with Gasteiger partial charge in [0.2, 0.25) is 5.91 Å². The Balaban J connectivity index is 3.13. The fourth-order valence-corrected chi connectivity index (χ4v) is 2.71. The van der Waals surface area contributed by atoms with E-state index in [4.69, 9.17) is 0 Å². The fourth-order valence-electron chi connectivity index (χ4n) is 2.71. The molecule has 1 unspecified atom stereocenters. The summed E-state index contributed by atoms with van der Waals surface area (Å²) in [4.78, 5) is 12.1. The van der Waals surface area contributed by atoms with E-state index < -0.39 is 0 Å². The average molecular weight is 300 g/mol. The van der Waals surface area contributed by atoms with Crippen LogP contribution < -0.4 is 10.6 Å². The first-order valence-electron chi connectivity index (χ1n) is 7.89. The van der Waals surface area contributed by atoms with Crippen LogP contribution in [0.15, 0.2) is 53.8 Å². The molecule has 0 heterocycles. The summed E-state index contributed by atoms with van der Waals surface area (Å²) >= 11 is 0. The van der Waals surface area contributed by atoms with E-state index in [1.54, 1.807) is 7.05 Å². The van der Waals surface area contributed by atoms with Crippen molar-refractivity contribution in [2.75, 3.05) is 14.1 Å². The van der Waals surface area contributed by atoms with Crippen LogP contribution in [-0.4, -0.2) is 20.0 Å². The molecule has 0 fully saturated rings. The lowest BCUT2D eigenvalue weighted by molar-refractivity contribution is -0.122. The summed E-state index contributed by atoms with van der Waals surface area (Å²) in [6, 6.07) is 10.2. The Morgan fingerprint density at radius 2 is 1.82 bits per heavy atom. The van der Waals surface area contributed by atoms with Crippen LogP contribution in [0.1, 0.15) is 32.3 Å². The third-order valence-electron chi connectivity index (χ3n) is 3.84. The first kappa shape index (κ1) is 18.0. The third-order valence-corrected chi connectivity index (χ3v) is 3.84. The number of hydrogen-bond acceptors (Lipinski definition) is 2. The van der Waals surface area contributed by atoms with Crippen molar-refractivity contribution < 1.29 is 4.79 Å². The lowest BCUT2D eigenvalue weighted by Crippen LogP contribution is -2.29. The fraction of sp³-hybridized carbons (Fsp3) is 0.421. The van der Waals surface area contributed by atoms with Crippen molar-refractivity contribution in [3.63, 3.8) is 0 Å². The summed E-state index contributed by atoms with van der Waals surface area (Å²) in [7, 11) is 3.59. The second kappa shape index (κ2) is 9.08. The van der Waals surface area contributed by atoms with Crippen LogP contribution in [0.25, 0.3) is 0 Å². The standard InChI is InChI=1S/C19H28N2O/c1-6-10-17(20-4)18(15(3)19(22)21-5)14(2)13-16-11-8-7-9-12-16/h7-9,11-12,15,20H,2,6,10,13H2,1,3-5H3,(H,21,22)/b18-17+. The summed E-state index contributed by atoms with van der Waals surface area (Å²) in [5.74, 6) is -0.191. The van der Waals surface area contributed by atoms with Crippen LogP contribution in [0.3, 0.4) is 0 Å². The number of carbonyl (C=O) groups excluding carboxylic acids is 1. The zero-order valence-corrected chi connectivity index (χ0v) is 14.2. The highest BCUT2D eigenvalue weighted by atomic mass is 16.1. The van der Waals surface area contributed by atoms with Crippen LogP contribution >= 0.6 is 0 Å². The molecule has 0 aliphatic rings. The number of carbonyl (C=O) groups is 1. The maximum absolute atomic E-state index is 12.1. The first-order valence-corrected chi connectivity index (χ1v) is 7.89. The van der Waals surface area contributed by atoms with Crippen molar-refractivity contribution in [1.82, 2.24) is 10.6 Å². The predicted molar refractivity (Wildman–Crippen MR) is 93.5 cm³/mol. The molecule has 0 radical (unpaired) electrons. The molecule has 0 spiro atoms. The molecule has 1 atom stereocenters. The van der Waals surface area contributed by atoms with E-state index in [-0.39, 0.29) is 11.8 Å². The number of rotatable bonds is 8. The molecular weight excluding hydrogens is 272 g/mol.